The molecule has 2 aliphatic rings. The minimum Gasteiger partial charge on any atom is -0.384 e. The normalized spacial score (nSPS) is 17.3. The monoisotopic (exact) mass is 606 g/mol. The summed E-state index contributed by atoms with van der Waals surface area (Å²) in [4.78, 5) is 27.4. The van der Waals surface area contributed by atoms with Crippen molar-refractivity contribution < 1.29 is 9.59 Å². The summed E-state index contributed by atoms with van der Waals surface area (Å²) in [5.41, 5.74) is 10.9. The molecular weight excluding hydrogens is 584 g/mol. The number of nitrogens with zero attached hydrogens (tertiary/aromatic N) is 4. The van der Waals surface area contributed by atoms with Gasteiger partial charge in [0.05, 0.1) is 23.3 Å². The Bertz CT molecular complexity index is 1520. The number of carbonyl (C=O) groups is 2. The van der Waals surface area contributed by atoms with Crippen molar-refractivity contribution in [1.29, 1.82) is 5.26 Å². The number of allylic oxidation sites excluding steroid dienone is 3. The summed E-state index contributed by atoms with van der Waals surface area (Å²) in [5, 5.41) is 22.0. The smallest absolute Gasteiger partial charge is 0.234 e. The van der Waals surface area contributed by atoms with Gasteiger partial charge in [-0.3, -0.25) is 14.5 Å². The first-order valence-electron chi connectivity index (χ1n) is 11.9. The highest BCUT2D eigenvalue weighted by atomic mass is 79.9. The molecule has 5 rings (SSSR count). The Morgan fingerprint density at radius 2 is 2.05 bits per heavy atom. The zero-order valence-electron chi connectivity index (χ0n) is 20.4. The van der Waals surface area contributed by atoms with E-state index in [2.05, 4.69) is 37.5 Å². The van der Waals surface area contributed by atoms with E-state index in [1.807, 2.05) is 55.5 Å². The van der Waals surface area contributed by atoms with E-state index in [1.165, 1.54) is 23.1 Å². The Balaban J connectivity index is 1.42. The molecule has 1 aliphatic carbocycles. The zero-order valence-corrected chi connectivity index (χ0v) is 23.6. The Morgan fingerprint density at radius 1 is 1.26 bits per heavy atom. The van der Waals surface area contributed by atoms with Gasteiger partial charge in [-0.2, -0.15) is 5.26 Å². The number of nitrogens with one attached hydrogen (secondary N) is 1. The zero-order chi connectivity index (χ0) is 26.8. The number of hydrogen-bond acceptors (Lipinski definition) is 9. The lowest BCUT2D eigenvalue weighted by Crippen LogP contribution is -2.38. The average Bonchev–Trinajstić information content (AvgIpc) is 3.36. The quantitative estimate of drug-likeness (QED) is 0.345. The van der Waals surface area contributed by atoms with Gasteiger partial charge in [-0.05, 0) is 43.5 Å². The SMILES string of the molecule is Cc1ccc(C2C(C#N)=C(N)N(c3nnc(SCC(=O)Nc4cccc(Br)c4)s3)C3=C2C(=O)CCC3)cc1. The van der Waals surface area contributed by atoms with E-state index in [9.17, 15) is 14.9 Å². The number of nitriles is 1. The first-order chi connectivity index (χ1) is 18.4. The average molecular weight is 608 g/mol. The maximum absolute atomic E-state index is 13.2. The van der Waals surface area contributed by atoms with Crippen LogP contribution >= 0.6 is 39.0 Å². The summed E-state index contributed by atoms with van der Waals surface area (Å²) in [6.07, 6.45) is 1.76. The molecule has 0 saturated heterocycles. The van der Waals surface area contributed by atoms with Crippen molar-refractivity contribution in [3.63, 3.8) is 0 Å². The number of nitrogens with two attached hydrogens (primary N) is 1. The van der Waals surface area contributed by atoms with E-state index in [0.717, 1.165) is 21.3 Å². The Morgan fingerprint density at radius 3 is 2.79 bits per heavy atom. The minimum absolute atomic E-state index is 0.0189. The van der Waals surface area contributed by atoms with Crippen molar-refractivity contribution in [2.24, 2.45) is 5.73 Å². The number of amides is 1. The standard InChI is InChI=1S/C27H23BrN6O2S2/c1-15-8-10-16(11-9-15)23-19(13-29)25(30)34(20-6-3-7-21(35)24(20)23)26-32-33-27(38-26)37-14-22(36)31-18-5-2-4-17(28)12-18/h2,4-5,8-12,23H,3,6-7,14,30H2,1H3,(H,31,36). The maximum atomic E-state index is 13.2. The molecule has 2 heterocycles. The molecule has 38 heavy (non-hydrogen) atoms. The minimum atomic E-state index is -0.511. The number of ketones is 1. The molecule has 0 spiro atoms. The molecule has 11 heteroatoms. The van der Waals surface area contributed by atoms with Crippen LogP contribution in [0.1, 0.15) is 36.3 Å². The molecule has 1 aliphatic heterocycles. The lowest BCUT2D eigenvalue weighted by Gasteiger charge is -2.38. The highest BCUT2D eigenvalue weighted by Crippen LogP contribution is 2.47. The van der Waals surface area contributed by atoms with Crippen molar-refractivity contribution in [1.82, 2.24) is 10.2 Å². The van der Waals surface area contributed by atoms with Gasteiger partial charge in [-0.1, -0.05) is 74.9 Å². The van der Waals surface area contributed by atoms with Crippen LogP contribution in [0.15, 0.2) is 80.0 Å². The fourth-order valence-electron chi connectivity index (χ4n) is 4.64. The van der Waals surface area contributed by atoms with Gasteiger partial charge in [0, 0.05) is 27.9 Å². The second-order valence-electron chi connectivity index (χ2n) is 8.92. The number of benzene rings is 2. The number of Topliss-reactive ketones (excluding diaryl/α,β-unsaturated/α-hetero) is 1. The van der Waals surface area contributed by atoms with Crippen LogP contribution in [0.3, 0.4) is 0 Å². The summed E-state index contributed by atoms with van der Waals surface area (Å²) in [7, 11) is 0. The number of anilines is 2. The van der Waals surface area contributed by atoms with E-state index in [4.69, 9.17) is 5.73 Å². The molecule has 1 aromatic heterocycles. The first kappa shape index (κ1) is 26.2. The molecule has 2 aromatic carbocycles. The fraction of sp³-hybridized carbons (Fsp3) is 0.222. The summed E-state index contributed by atoms with van der Waals surface area (Å²) in [6.45, 7) is 1.99. The molecule has 0 saturated carbocycles. The molecule has 0 bridgehead atoms. The molecule has 3 N–H and O–H groups in total. The fourth-order valence-corrected chi connectivity index (χ4v) is 6.72. The topological polar surface area (TPSA) is 125 Å². The maximum Gasteiger partial charge on any atom is 0.234 e. The van der Waals surface area contributed by atoms with Crippen LogP contribution in [0.25, 0.3) is 0 Å². The van der Waals surface area contributed by atoms with Gasteiger partial charge in [0.25, 0.3) is 0 Å². The summed E-state index contributed by atoms with van der Waals surface area (Å²) >= 11 is 5.93. The van der Waals surface area contributed by atoms with E-state index in [-0.39, 0.29) is 23.3 Å². The van der Waals surface area contributed by atoms with Crippen LogP contribution in [0.4, 0.5) is 10.8 Å². The van der Waals surface area contributed by atoms with Crippen LogP contribution in [0.5, 0.6) is 0 Å². The van der Waals surface area contributed by atoms with Gasteiger partial charge >= 0.3 is 0 Å². The van der Waals surface area contributed by atoms with Gasteiger partial charge in [0.2, 0.25) is 11.0 Å². The van der Waals surface area contributed by atoms with E-state index < -0.39 is 5.92 Å². The lowest BCUT2D eigenvalue weighted by molar-refractivity contribution is -0.116. The molecule has 1 amide bonds. The van der Waals surface area contributed by atoms with Crippen LogP contribution in [-0.2, 0) is 9.59 Å². The van der Waals surface area contributed by atoms with Crippen molar-refractivity contribution in [3.05, 3.63) is 86.8 Å². The van der Waals surface area contributed by atoms with Gasteiger partial charge in [-0.15, -0.1) is 10.2 Å². The molecule has 192 valence electrons. The largest absolute Gasteiger partial charge is 0.384 e. The highest BCUT2D eigenvalue weighted by Gasteiger charge is 2.41. The van der Waals surface area contributed by atoms with E-state index in [0.29, 0.717) is 45.6 Å². The van der Waals surface area contributed by atoms with Crippen LogP contribution in [-0.4, -0.2) is 27.6 Å². The number of rotatable bonds is 6. The van der Waals surface area contributed by atoms with Crippen LogP contribution in [0.2, 0.25) is 0 Å². The highest BCUT2D eigenvalue weighted by molar-refractivity contribution is 9.10. The van der Waals surface area contributed by atoms with Gasteiger partial charge in [0.15, 0.2) is 10.1 Å². The van der Waals surface area contributed by atoms with E-state index >= 15 is 0 Å². The number of aromatic nitrogens is 2. The van der Waals surface area contributed by atoms with Crippen LogP contribution in [0, 0.1) is 18.3 Å². The molecule has 8 nitrogen and oxygen atoms in total. The third kappa shape index (κ3) is 5.25. The second-order valence-corrected chi connectivity index (χ2v) is 12.0. The number of carbonyl (C=O) groups excluding carboxylic acids is 2. The predicted octanol–water partition coefficient (Wildman–Crippen LogP) is 5.64. The van der Waals surface area contributed by atoms with Crippen molar-refractivity contribution in [2.75, 3.05) is 16.0 Å². The molecule has 0 radical (unpaired) electrons. The molecular formula is C27H23BrN6O2S2. The number of aryl methyl sites for hydroxylation is 1. The van der Waals surface area contributed by atoms with Crippen molar-refractivity contribution in [3.8, 4) is 6.07 Å². The first-order valence-corrected chi connectivity index (χ1v) is 14.5. The summed E-state index contributed by atoms with van der Waals surface area (Å²) in [6, 6.07) is 17.5. The third-order valence-electron chi connectivity index (χ3n) is 6.35. The Kier molecular flexibility index (Phi) is 7.65. The van der Waals surface area contributed by atoms with Gasteiger partial charge in [-0.25, -0.2) is 0 Å². The Labute approximate surface area is 236 Å². The van der Waals surface area contributed by atoms with Gasteiger partial charge < -0.3 is 11.1 Å². The molecule has 3 aromatic rings. The molecule has 1 unspecified atom stereocenters. The predicted molar refractivity (Wildman–Crippen MR) is 153 cm³/mol. The number of thioether (sulfide) groups is 1. The second kappa shape index (κ2) is 11.1. The number of halogens is 1. The molecule has 1 atom stereocenters. The summed E-state index contributed by atoms with van der Waals surface area (Å²) < 4.78 is 1.46. The number of hydrogen-bond donors (Lipinski definition) is 2. The van der Waals surface area contributed by atoms with Crippen molar-refractivity contribution >= 4 is 61.5 Å². The van der Waals surface area contributed by atoms with E-state index in [1.54, 1.807) is 4.90 Å². The summed E-state index contributed by atoms with van der Waals surface area (Å²) in [5.74, 6) is -0.254. The lowest BCUT2D eigenvalue weighted by atomic mass is 9.75. The van der Waals surface area contributed by atoms with Crippen molar-refractivity contribution in [2.45, 2.75) is 36.4 Å². The Hall–Kier alpha value is -3.46. The third-order valence-corrected chi connectivity index (χ3v) is 8.88. The van der Waals surface area contributed by atoms with Gasteiger partial charge in [0.1, 0.15) is 5.82 Å². The molecule has 0 fully saturated rings. The van der Waals surface area contributed by atoms with Crippen LogP contribution < -0.4 is 16.0 Å².